The van der Waals surface area contributed by atoms with E-state index in [4.69, 9.17) is 27.2 Å². The van der Waals surface area contributed by atoms with Crippen molar-refractivity contribution < 1.29 is 27.2 Å². The Balaban J connectivity index is 3.47. The first-order valence-electron chi connectivity index (χ1n) is 12.9. The second-order valence-corrected chi connectivity index (χ2v) is 29.7. The third kappa shape index (κ3) is 9.89. The van der Waals surface area contributed by atoms with Crippen molar-refractivity contribution in [3.63, 3.8) is 0 Å². The van der Waals surface area contributed by atoms with Crippen molar-refractivity contribution in [1.29, 1.82) is 0 Å². The summed E-state index contributed by atoms with van der Waals surface area (Å²) in [6.07, 6.45) is -1.52. The monoisotopic (exact) mass is 538 g/mol. The molecule has 0 radical (unpaired) electrons. The highest BCUT2D eigenvalue weighted by atomic mass is 28.4. The van der Waals surface area contributed by atoms with Gasteiger partial charge in [0.15, 0.2) is 39.6 Å². The van der Waals surface area contributed by atoms with Gasteiger partial charge in [0, 0.05) is 7.11 Å². The molecule has 0 aliphatic carbocycles. The van der Waals surface area contributed by atoms with Crippen molar-refractivity contribution >= 4 is 33.3 Å². The zero-order chi connectivity index (χ0) is 25.7. The predicted molar refractivity (Wildman–Crippen MR) is 148 cm³/mol. The summed E-state index contributed by atoms with van der Waals surface area (Å²) < 4.78 is 39.7. The highest BCUT2D eigenvalue weighted by molar-refractivity contribution is 6.72. The molecule has 10 heteroatoms. The average molecular weight is 539 g/mol. The molecule has 0 spiro atoms. The standard InChI is InChI=1S/C23H54O6Si4/c1-14-30(6,7)25-18-19-20(27-31(8,9)15-2)21(28-32(10,11)16-3)22(23(24-5)26-19)29-33(12,13)17-4/h19-23H,14-18H2,1-13H3/t19-,20-,21+,22-,23-/m1/s1. The van der Waals surface area contributed by atoms with Gasteiger partial charge in [-0.25, -0.2) is 0 Å². The van der Waals surface area contributed by atoms with E-state index in [0.717, 1.165) is 24.2 Å². The quantitative estimate of drug-likeness (QED) is 0.238. The molecule has 0 aromatic carbocycles. The molecule has 0 aromatic heterocycles. The third-order valence-electron chi connectivity index (χ3n) is 7.23. The molecule has 0 saturated carbocycles. The van der Waals surface area contributed by atoms with Gasteiger partial charge < -0.3 is 27.2 Å². The molecule has 1 aliphatic heterocycles. The molecule has 0 N–H and O–H groups in total. The SMILES string of the molecule is CC[Si](C)(C)OC[C@H]1O[C@@H](OC)[C@H](O[Si](C)(C)CC)[C@@H](O[Si](C)(C)CC)[C@@H]1O[Si](C)(C)CC. The maximum absolute atomic E-state index is 6.98. The lowest BCUT2D eigenvalue weighted by atomic mass is 9.99. The van der Waals surface area contributed by atoms with Gasteiger partial charge in [-0.05, 0) is 76.6 Å². The molecule has 0 bridgehead atoms. The molecule has 198 valence electrons. The Bertz CT molecular complexity index is 587. The lowest BCUT2D eigenvalue weighted by molar-refractivity contribution is -0.283. The van der Waals surface area contributed by atoms with Crippen LogP contribution in [0.5, 0.6) is 0 Å². The molecule has 5 atom stereocenters. The molecule has 1 aliphatic rings. The van der Waals surface area contributed by atoms with E-state index < -0.39 is 39.6 Å². The molecular formula is C23H54O6Si4. The number of methoxy groups -OCH3 is 1. The maximum atomic E-state index is 6.98. The van der Waals surface area contributed by atoms with Crippen LogP contribution in [0.1, 0.15) is 27.7 Å². The van der Waals surface area contributed by atoms with Crippen LogP contribution in [0.25, 0.3) is 0 Å². The smallest absolute Gasteiger partial charge is 0.187 e. The molecular weight excluding hydrogens is 485 g/mol. The second-order valence-electron chi connectivity index (χ2n) is 11.8. The van der Waals surface area contributed by atoms with Crippen molar-refractivity contribution in [1.82, 2.24) is 0 Å². The van der Waals surface area contributed by atoms with Gasteiger partial charge in [0.25, 0.3) is 0 Å². The minimum atomic E-state index is -1.93. The normalized spacial score (nSPS) is 27.7. The summed E-state index contributed by atoms with van der Waals surface area (Å²) >= 11 is 0. The van der Waals surface area contributed by atoms with Gasteiger partial charge in [-0.2, -0.15) is 0 Å². The molecule has 0 aromatic rings. The summed E-state index contributed by atoms with van der Waals surface area (Å²) in [7, 11) is -5.81. The van der Waals surface area contributed by atoms with E-state index in [1.165, 1.54) is 0 Å². The van der Waals surface area contributed by atoms with Gasteiger partial charge in [0.2, 0.25) is 0 Å². The van der Waals surface area contributed by atoms with Crippen LogP contribution >= 0.6 is 0 Å². The summed E-state index contributed by atoms with van der Waals surface area (Å²) in [5.41, 5.74) is 0. The van der Waals surface area contributed by atoms with E-state index in [1.54, 1.807) is 7.11 Å². The van der Waals surface area contributed by atoms with Crippen molar-refractivity contribution in [2.45, 2.75) is 135 Å². The van der Waals surface area contributed by atoms with Gasteiger partial charge in [0.05, 0.1) is 6.61 Å². The van der Waals surface area contributed by atoms with Crippen molar-refractivity contribution in [3.05, 3.63) is 0 Å². The summed E-state index contributed by atoms with van der Waals surface area (Å²) in [4.78, 5) is 0. The molecule has 1 saturated heterocycles. The van der Waals surface area contributed by atoms with Gasteiger partial charge in [0.1, 0.15) is 24.4 Å². The Kier molecular flexibility index (Phi) is 12.2. The maximum Gasteiger partial charge on any atom is 0.187 e. The van der Waals surface area contributed by atoms with Crippen LogP contribution in [0.4, 0.5) is 0 Å². The fraction of sp³-hybridized carbons (Fsp3) is 1.00. The number of ether oxygens (including phenoxy) is 2. The summed E-state index contributed by atoms with van der Waals surface area (Å²) in [5, 5.41) is 0. The Labute approximate surface area is 208 Å². The molecule has 1 fully saturated rings. The van der Waals surface area contributed by atoms with Gasteiger partial charge in [-0.15, -0.1) is 0 Å². The Morgan fingerprint density at radius 2 is 0.970 bits per heavy atom. The largest absolute Gasteiger partial charge is 0.415 e. The van der Waals surface area contributed by atoms with Crippen molar-refractivity contribution in [3.8, 4) is 0 Å². The van der Waals surface area contributed by atoms with Gasteiger partial charge in [-0.1, -0.05) is 27.7 Å². The number of hydrogen-bond acceptors (Lipinski definition) is 6. The molecule has 1 heterocycles. The van der Waals surface area contributed by atoms with E-state index >= 15 is 0 Å². The van der Waals surface area contributed by atoms with Crippen molar-refractivity contribution in [2.75, 3.05) is 13.7 Å². The van der Waals surface area contributed by atoms with E-state index in [2.05, 4.69) is 80.1 Å². The first kappa shape index (κ1) is 31.7. The van der Waals surface area contributed by atoms with E-state index in [9.17, 15) is 0 Å². The minimum absolute atomic E-state index is 0.232. The number of rotatable bonds is 14. The van der Waals surface area contributed by atoms with Gasteiger partial charge >= 0.3 is 0 Å². The topological polar surface area (TPSA) is 55.4 Å². The summed E-state index contributed by atoms with van der Waals surface area (Å²) in [6, 6.07) is 4.14. The Morgan fingerprint density at radius 3 is 1.36 bits per heavy atom. The zero-order valence-electron chi connectivity index (χ0n) is 23.9. The fourth-order valence-electron chi connectivity index (χ4n) is 3.37. The van der Waals surface area contributed by atoms with Crippen LogP contribution in [0.15, 0.2) is 0 Å². The lowest BCUT2D eigenvalue weighted by Crippen LogP contribution is -2.66. The highest BCUT2D eigenvalue weighted by Gasteiger charge is 2.52. The molecule has 0 unspecified atom stereocenters. The minimum Gasteiger partial charge on any atom is -0.415 e. The summed E-state index contributed by atoms with van der Waals surface area (Å²) in [6.45, 7) is 27.5. The fourth-order valence-corrected chi connectivity index (χ4v) is 7.70. The summed E-state index contributed by atoms with van der Waals surface area (Å²) in [5.74, 6) is 0. The van der Waals surface area contributed by atoms with Crippen LogP contribution < -0.4 is 0 Å². The Morgan fingerprint density at radius 1 is 0.576 bits per heavy atom. The third-order valence-corrected chi connectivity index (χ3v) is 17.7. The molecule has 1 rings (SSSR count). The van der Waals surface area contributed by atoms with Crippen LogP contribution in [0.3, 0.4) is 0 Å². The van der Waals surface area contributed by atoms with E-state index in [0.29, 0.717) is 6.61 Å². The molecule has 33 heavy (non-hydrogen) atoms. The molecule has 0 amide bonds. The zero-order valence-corrected chi connectivity index (χ0v) is 27.9. The van der Waals surface area contributed by atoms with Crippen LogP contribution in [0, 0.1) is 0 Å². The number of hydrogen-bond donors (Lipinski definition) is 0. The Hall–Kier alpha value is 0.628. The highest BCUT2D eigenvalue weighted by Crippen LogP contribution is 2.35. The van der Waals surface area contributed by atoms with Crippen LogP contribution in [-0.4, -0.2) is 77.7 Å². The lowest BCUT2D eigenvalue weighted by Gasteiger charge is -2.51. The van der Waals surface area contributed by atoms with Crippen LogP contribution in [-0.2, 0) is 27.2 Å². The van der Waals surface area contributed by atoms with E-state index in [-0.39, 0.29) is 24.4 Å². The van der Waals surface area contributed by atoms with E-state index in [1.807, 2.05) is 0 Å². The van der Waals surface area contributed by atoms with Crippen molar-refractivity contribution in [2.24, 2.45) is 0 Å². The molecule has 6 nitrogen and oxygen atoms in total. The second kappa shape index (κ2) is 12.7. The van der Waals surface area contributed by atoms with Crippen LogP contribution in [0.2, 0.25) is 76.6 Å². The first-order valence-corrected chi connectivity index (χ1v) is 25.4. The van der Waals surface area contributed by atoms with Gasteiger partial charge in [-0.3, -0.25) is 0 Å². The predicted octanol–water partition coefficient (Wildman–Crippen LogP) is 6.43. The first-order chi connectivity index (χ1) is 15.1. The average Bonchev–Trinajstić information content (AvgIpc) is 2.75.